The second kappa shape index (κ2) is 12.3. The third kappa shape index (κ3) is 10.0. The zero-order valence-corrected chi connectivity index (χ0v) is 15.9. The molecular formula is C16H26N4O5S. The number of esters is 2. The number of carbonyl (C=O) groups is 3. The molecule has 0 radical (unpaired) electrons. The molecule has 0 unspecified atom stereocenters. The first-order valence-electron chi connectivity index (χ1n) is 8.26. The molecule has 0 aliphatic carbocycles. The maximum absolute atomic E-state index is 11.9. The SMILES string of the molecule is CC(=O)OC[C@H](CSC[C@H](N)C(=O)NCCCn1ccnc1)OC(C)=O. The highest BCUT2D eigenvalue weighted by atomic mass is 32.2. The number of rotatable bonds is 12. The van der Waals surface area contributed by atoms with Gasteiger partial charge in [0.1, 0.15) is 12.7 Å². The maximum atomic E-state index is 11.9. The number of aryl methyl sites for hydroxylation is 1. The van der Waals surface area contributed by atoms with Crippen LogP contribution in [0.5, 0.6) is 0 Å². The number of ether oxygens (including phenoxy) is 2. The smallest absolute Gasteiger partial charge is 0.303 e. The first kappa shape index (κ1) is 22.0. The van der Waals surface area contributed by atoms with E-state index in [1.165, 1.54) is 25.6 Å². The van der Waals surface area contributed by atoms with Crippen molar-refractivity contribution >= 4 is 29.6 Å². The van der Waals surface area contributed by atoms with E-state index in [0.717, 1.165) is 13.0 Å². The van der Waals surface area contributed by atoms with Gasteiger partial charge in [0.15, 0.2) is 0 Å². The Morgan fingerprint density at radius 3 is 2.65 bits per heavy atom. The lowest BCUT2D eigenvalue weighted by atomic mass is 10.3. The Morgan fingerprint density at radius 2 is 2.04 bits per heavy atom. The summed E-state index contributed by atoms with van der Waals surface area (Å²) in [6.07, 6.45) is 5.50. The standard InChI is InChI=1S/C16H26N4O5S/c1-12(21)24-8-14(25-13(2)22)9-26-10-15(17)16(23)19-4-3-6-20-7-5-18-11-20/h5,7,11,14-15H,3-4,6,8-10,17H2,1-2H3,(H,19,23)/t14-,15+/m1/s1. The molecule has 0 aliphatic rings. The van der Waals surface area contributed by atoms with Gasteiger partial charge in [-0.2, -0.15) is 11.8 Å². The highest BCUT2D eigenvalue weighted by molar-refractivity contribution is 7.99. The Labute approximate surface area is 157 Å². The molecule has 1 aromatic rings. The van der Waals surface area contributed by atoms with Crippen molar-refractivity contribution in [2.24, 2.45) is 5.73 Å². The van der Waals surface area contributed by atoms with Crippen molar-refractivity contribution in [3.05, 3.63) is 18.7 Å². The highest BCUT2D eigenvalue weighted by Gasteiger charge is 2.17. The molecule has 0 bridgehead atoms. The normalized spacial score (nSPS) is 12.9. The average Bonchev–Trinajstić information content (AvgIpc) is 3.09. The largest absolute Gasteiger partial charge is 0.462 e. The van der Waals surface area contributed by atoms with E-state index in [0.29, 0.717) is 18.1 Å². The minimum atomic E-state index is -0.667. The van der Waals surface area contributed by atoms with Gasteiger partial charge >= 0.3 is 11.9 Å². The molecule has 0 fully saturated rings. The van der Waals surface area contributed by atoms with Crippen molar-refractivity contribution in [2.45, 2.75) is 39.0 Å². The Hall–Kier alpha value is -2.07. The molecule has 0 saturated heterocycles. The second-order valence-electron chi connectivity index (χ2n) is 5.62. The number of nitrogens with zero attached hydrogens (tertiary/aromatic N) is 2. The number of thioether (sulfide) groups is 1. The number of aromatic nitrogens is 2. The van der Waals surface area contributed by atoms with E-state index >= 15 is 0 Å². The number of imidazole rings is 1. The molecule has 1 amide bonds. The van der Waals surface area contributed by atoms with Crippen LogP contribution < -0.4 is 11.1 Å². The summed E-state index contributed by atoms with van der Waals surface area (Å²) >= 11 is 1.36. The number of carbonyl (C=O) groups excluding carboxylic acids is 3. The molecule has 0 spiro atoms. The predicted octanol–water partition coefficient (Wildman–Crippen LogP) is -0.0553. The Balaban J connectivity index is 2.20. The summed E-state index contributed by atoms with van der Waals surface area (Å²) in [6.45, 7) is 3.85. The molecule has 9 nitrogen and oxygen atoms in total. The second-order valence-corrected chi connectivity index (χ2v) is 6.70. The minimum absolute atomic E-state index is 0.0163. The van der Waals surface area contributed by atoms with Crippen LogP contribution in [0.15, 0.2) is 18.7 Å². The summed E-state index contributed by atoms with van der Waals surface area (Å²) in [4.78, 5) is 37.8. The lowest BCUT2D eigenvalue weighted by Gasteiger charge is -2.17. The molecule has 1 aromatic heterocycles. The quantitative estimate of drug-likeness (QED) is 0.378. The molecule has 0 aromatic carbocycles. The van der Waals surface area contributed by atoms with Gasteiger partial charge in [-0.05, 0) is 6.42 Å². The zero-order valence-electron chi connectivity index (χ0n) is 15.1. The van der Waals surface area contributed by atoms with E-state index in [-0.39, 0.29) is 12.5 Å². The lowest BCUT2D eigenvalue weighted by Crippen LogP contribution is -2.43. The third-order valence-electron chi connectivity index (χ3n) is 3.19. The molecule has 0 saturated carbocycles. The van der Waals surface area contributed by atoms with Crippen molar-refractivity contribution in [1.29, 1.82) is 0 Å². The Morgan fingerprint density at radius 1 is 1.27 bits per heavy atom. The van der Waals surface area contributed by atoms with Crippen molar-refractivity contribution < 1.29 is 23.9 Å². The van der Waals surface area contributed by atoms with Crippen molar-refractivity contribution in [1.82, 2.24) is 14.9 Å². The van der Waals surface area contributed by atoms with E-state index < -0.39 is 24.1 Å². The number of nitrogens with two attached hydrogens (primary N) is 1. The number of hydrogen-bond acceptors (Lipinski definition) is 8. The topological polar surface area (TPSA) is 126 Å². The first-order valence-corrected chi connectivity index (χ1v) is 9.41. The van der Waals surface area contributed by atoms with E-state index in [2.05, 4.69) is 10.3 Å². The summed E-state index contributed by atoms with van der Waals surface area (Å²) in [7, 11) is 0. The van der Waals surface area contributed by atoms with Gasteiger partial charge in [-0.3, -0.25) is 14.4 Å². The summed E-state index contributed by atoms with van der Waals surface area (Å²) in [5.41, 5.74) is 5.86. The molecule has 146 valence electrons. The van der Waals surface area contributed by atoms with Crippen LogP contribution in [0.25, 0.3) is 0 Å². The van der Waals surface area contributed by atoms with Gasteiger partial charge in [0.2, 0.25) is 5.91 Å². The molecule has 1 heterocycles. The van der Waals surface area contributed by atoms with Gasteiger partial charge in [0.25, 0.3) is 0 Å². The molecule has 0 aliphatic heterocycles. The number of amides is 1. The van der Waals surface area contributed by atoms with Crippen LogP contribution in [0.1, 0.15) is 20.3 Å². The molecule has 3 N–H and O–H groups in total. The molecule has 2 atom stereocenters. The van der Waals surface area contributed by atoms with E-state index in [1.807, 2.05) is 10.8 Å². The van der Waals surface area contributed by atoms with Gasteiger partial charge in [0, 0.05) is 50.8 Å². The maximum Gasteiger partial charge on any atom is 0.303 e. The van der Waals surface area contributed by atoms with Gasteiger partial charge in [-0.1, -0.05) is 0 Å². The Kier molecular flexibility index (Phi) is 10.4. The number of hydrogen-bond donors (Lipinski definition) is 2. The molecular weight excluding hydrogens is 360 g/mol. The molecule has 26 heavy (non-hydrogen) atoms. The molecule has 10 heteroatoms. The molecule has 1 rings (SSSR count). The average molecular weight is 386 g/mol. The van der Waals surface area contributed by atoms with Crippen molar-refractivity contribution in [2.75, 3.05) is 24.7 Å². The van der Waals surface area contributed by atoms with Crippen LogP contribution in [0.3, 0.4) is 0 Å². The van der Waals surface area contributed by atoms with Crippen LogP contribution in [0.4, 0.5) is 0 Å². The van der Waals surface area contributed by atoms with Crippen molar-refractivity contribution in [3.8, 4) is 0 Å². The number of nitrogens with one attached hydrogen (secondary N) is 1. The van der Waals surface area contributed by atoms with E-state index in [1.54, 1.807) is 12.5 Å². The fraction of sp³-hybridized carbons (Fsp3) is 0.625. The summed E-state index contributed by atoms with van der Waals surface area (Å²) in [6, 6.07) is -0.667. The fourth-order valence-electron chi connectivity index (χ4n) is 1.99. The van der Waals surface area contributed by atoms with Crippen LogP contribution in [0.2, 0.25) is 0 Å². The monoisotopic (exact) mass is 386 g/mol. The van der Waals surface area contributed by atoms with Gasteiger partial charge in [0.05, 0.1) is 12.4 Å². The summed E-state index contributed by atoms with van der Waals surface area (Å²) in [5, 5.41) is 2.79. The van der Waals surface area contributed by atoms with Crippen LogP contribution in [-0.4, -0.2) is 64.2 Å². The summed E-state index contributed by atoms with van der Waals surface area (Å²) in [5.74, 6) is -0.381. The third-order valence-corrected chi connectivity index (χ3v) is 4.40. The van der Waals surface area contributed by atoms with Crippen LogP contribution in [0, 0.1) is 0 Å². The van der Waals surface area contributed by atoms with Crippen LogP contribution >= 0.6 is 11.8 Å². The highest BCUT2D eigenvalue weighted by Crippen LogP contribution is 2.09. The van der Waals surface area contributed by atoms with Gasteiger partial charge in [-0.25, -0.2) is 4.98 Å². The van der Waals surface area contributed by atoms with Crippen LogP contribution in [-0.2, 0) is 30.4 Å². The minimum Gasteiger partial charge on any atom is -0.462 e. The predicted molar refractivity (Wildman–Crippen MR) is 97.3 cm³/mol. The lowest BCUT2D eigenvalue weighted by molar-refractivity contribution is -0.154. The fourth-order valence-corrected chi connectivity index (χ4v) is 2.96. The summed E-state index contributed by atoms with van der Waals surface area (Å²) < 4.78 is 11.9. The Bertz CT molecular complexity index is 567. The van der Waals surface area contributed by atoms with Gasteiger partial charge < -0.3 is 25.1 Å². The van der Waals surface area contributed by atoms with E-state index in [4.69, 9.17) is 15.2 Å². The zero-order chi connectivity index (χ0) is 19.4. The van der Waals surface area contributed by atoms with E-state index in [9.17, 15) is 14.4 Å². The van der Waals surface area contributed by atoms with Gasteiger partial charge in [-0.15, -0.1) is 0 Å². The van der Waals surface area contributed by atoms with Crippen molar-refractivity contribution in [3.63, 3.8) is 0 Å². The first-order chi connectivity index (χ1) is 12.4.